The van der Waals surface area contributed by atoms with Gasteiger partial charge in [-0.15, -0.1) is 0 Å². The molecule has 5 nitrogen and oxygen atoms in total. The lowest BCUT2D eigenvalue weighted by molar-refractivity contribution is -0.163. The fraction of sp³-hybridized carbons (Fsp3) is 0.831. The fourth-order valence-electron chi connectivity index (χ4n) is 8.10. The van der Waals surface area contributed by atoms with Crippen molar-refractivity contribution in [2.24, 2.45) is 0 Å². The zero-order valence-electron chi connectivity index (χ0n) is 43.1. The van der Waals surface area contributed by atoms with Gasteiger partial charge in [-0.3, -0.25) is 9.59 Å². The summed E-state index contributed by atoms with van der Waals surface area (Å²) in [6.07, 6.45) is 68.3. The van der Waals surface area contributed by atoms with E-state index in [2.05, 4.69) is 69.4 Å². The van der Waals surface area contributed by atoms with E-state index < -0.39 is 6.10 Å². The lowest BCUT2D eigenvalue weighted by atomic mass is 10.1. The molecule has 0 aliphatic carbocycles. The van der Waals surface area contributed by atoms with Gasteiger partial charge in [-0.25, -0.2) is 0 Å². The standard InChI is InChI=1S/C59H108O5/c1-4-7-10-13-16-19-22-25-27-29-30-32-33-35-37-40-43-46-49-52-58(60)63-56-57(55-62-54-51-48-45-42-39-24-21-18-15-12-9-6-3)64-59(61)53-50-47-44-41-38-36-34-31-28-26-23-20-17-14-11-8-5-2/h16-17,19-20,25-28,57H,4-15,18,21-24,29-56H2,1-3H3/b19-16-,20-17-,27-25-,28-26-. The quantitative estimate of drug-likeness (QED) is 0.0346. The highest BCUT2D eigenvalue weighted by molar-refractivity contribution is 5.70. The Morgan fingerprint density at radius 1 is 0.344 bits per heavy atom. The summed E-state index contributed by atoms with van der Waals surface area (Å²) >= 11 is 0. The summed E-state index contributed by atoms with van der Waals surface area (Å²) < 4.78 is 17.5. The third-order valence-corrected chi connectivity index (χ3v) is 12.3. The van der Waals surface area contributed by atoms with Gasteiger partial charge in [0.25, 0.3) is 0 Å². The zero-order chi connectivity index (χ0) is 46.3. The van der Waals surface area contributed by atoms with Crippen molar-refractivity contribution >= 4 is 11.9 Å². The van der Waals surface area contributed by atoms with E-state index >= 15 is 0 Å². The van der Waals surface area contributed by atoms with Crippen LogP contribution in [0, 0.1) is 0 Å². The number of hydrogen-bond donors (Lipinski definition) is 0. The lowest BCUT2D eigenvalue weighted by Crippen LogP contribution is -2.30. The number of ether oxygens (including phenoxy) is 3. The van der Waals surface area contributed by atoms with Crippen LogP contribution in [-0.4, -0.2) is 37.9 Å². The molecule has 0 rings (SSSR count). The van der Waals surface area contributed by atoms with Crippen molar-refractivity contribution in [3.8, 4) is 0 Å². The summed E-state index contributed by atoms with van der Waals surface area (Å²) in [4.78, 5) is 25.5. The van der Waals surface area contributed by atoms with Crippen LogP contribution in [0.4, 0.5) is 0 Å². The van der Waals surface area contributed by atoms with Gasteiger partial charge in [0.05, 0.1) is 6.61 Å². The second kappa shape index (κ2) is 55.2. The molecule has 5 heteroatoms. The van der Waals surface area contributed by atoms with Crippen molar-refractivity contribution < 1.29 is 23.8 Å². The third-order valence-electron chi connectivity index (χ3n) is 12.3. The Bertz CT molecular complexity index is 1060. The molecule has 0 saturated heterocycles. The molecule has 0 amide bonds. The number of esters is 2. The minimum atomic E-state index is -0.539. The van der Waals surface area contributed by atoms with Crippen molar-refractivity contribution in [2.45, 2.75) is 297 Å². The number of allylic oxidation sites excluding steroid dienone is 8. The molecule has 0 fully saturated rings. The van der Waals surface area contributed by atoms with Crippen LogP contribution in [0.15, 0.2) is 48.6 Å². The molecule has 0 saturated carbocycles. The first-order valence-corrected chi connectivity index (χ1v) is 28.2. The predicted molar refractivity (Wildman–Crippen MR) is 279 cm³/mol. The smallest absolute Gasteiger partial charge is 0.306 e. The molecule has 0 aromatic carbocycles. The van der Waals surface area contributed by atoms with Gasteiger partial charge in [-0.2, -0.15) is 0 Å². The lowest BCUT2D eigenvalue weighted by Gasteiger charge is -2.18. The maximum Gasteiger partial charge on any atom is 0.306 e. The number of rotatable bonds is 52. The first kappa shape index (κ1) is 61.9. The topological polar surface area (TPSA) is 61.8 Å². The Morgan fingerprint density at radius 2 is 0.656 bits per heavy atom. The molecule has 64 heavy (non-hydrogen) atoms. The van der Waals surface area contributed by atoms with Gasteiger partial charge >= 0.3 is 11.9 Å². The van der Waals surface area contributed by atoms with Gasteiger partial charge in [0.1, 0.15) is 6.61 Å². The highest BCUT2D eigenvalue weighted by Gasteiger charge is 2.17. The Morgan fingerprint density at radius 3 is 1.06 bits per heavy atom. The van der Waals surface area contributed by atoms with Gasteiger partial charge in [-0.1, -0.05) is 243 Å². The van der Waals surface area contributed by atoms with Crippen molar-refractivity contribution in [3.05, 3.63) is 48.6 Å². The average Bonchev–Trinajstić information content (AvgIpc) is 3.30. The molecule has 1 unspecified atom stereocenters. The first-order chi connectivity index (χ1) is 31.6. The number of unbranched alkanes of at least 4 members (excludes halogenated alkanes) is 33. The Kier molecular flexibility index (Phi) is 53.3. The molecule has 0 N–H and O–H groups in total. The van der Waals surface area contributed by atoms with Gasteiger partial charge in [0.15, 0.2) is 6.10 Å². The normalized spacial score (nSPS) is 12.5. The van der Waals surface area contributed by atoms with Crippen LogP contribution < -0.4 is 0 Å². The largest absolute Gasteiger partial charge is 0.462 e. The van der Waals surface area contributed by atoms with Gasteiger partial charge in [0, 0.05) is 19.4 Å². The summed E-state index contributed by atoms with van der Waals surface area (Å²) in [7, 11) is 0. The minimum absolute atomic E-state index is 0.0833. The van der Waals surface area contributed by atoms with Gasteiger partial charge in [0.2, 0.25) is 0 Å². The molecule has 0 aliphatic heterocycles. The second-order valence-corrected chi connectivity index (χ2v) is 18.8. The first-order valence-electron chi connectivity index (χ1n) is 28.2. The molecule has 374 valence electrons. The maximum absolute atomic E-state index is 12.8. The van der Waals surface area contributed by atoms with Crippen LogP contribution >= 0.6 is 0 Å². The summed E-state index contributed by atoms with van der Waals surface area (Å²) in [6.45, 7) is 7.81. The second-order valence-electron chi connectivity index (χ2n) is 18.8. The molecular formula is C59H108O5. The van der Waals surface area contributed by atoms with Gasteiger partial charge < -0.3 is 14.2 Å². The molecule has 0 aliphatic rings. The maximum atomic E-state index is 12.8. The summed E-state index contributed by atoms with van der Waals surface area (Å²) in [5.74, 6) is -0.397. The molecule has 0 aromatic rings. The minimum Gasteiger partial charge on any atom is -0.462 e. The van der Waals surface area contributed by atoms with E-state index in [0.29, 0.717) is 19.4 Å². The molecule has 0 radical (unpaired) electrons. The van der Waals surface area contributed by atoms with Crippen LogP contribution in [0.5, 0.6) is 0 Å². The fourth-order valence-corrected chi connectivity index (χ4v) is 8.10. The molecule has 0 aromatic heterocycles. The van der Waals surface area contributed by atoms with Crippen molar-refractivity contribution in [3.63, 3.8) is 0 Å². The SMILES string of the molecule is CCCCC/C=C\C/C=C\CCCCCCCCCCCC(=O)OCC(COCCCCCCCCCCCCCC)OC(=O)CCCCCCCCC/C=C\C/C=C\CCCCC. The summed E-state index contributed by atoms with van der Waals surface area (Å²) in [5.41, 5.74) is 0. The Balaban J connectivity index is 4.23. The number of hydrogen-bond acceptors (Lipinski definition) is 5. The van der Waals surface area contributed by atoms with E-state index in [9.17, 15) is 9.59 Å². The van der Waals surface area contributed by atoms with Crippen LogP contribution in [-0.2, 0) is 23.8 Å². The van der Waals surface area contributed by atoms with Crippen molar-refractivity contribution in [2.75, 3.05) is 19.8 Å². The van der Waals surface area contributed by atoms with E-state index in [0.717, 1.165) is 51.4 Å². The van der Waals surface area contributed by atoms with Crippen LogP contribution in [0.3, 0.4) is 0 Å². The monoisotopic (exact) mass is 897 g/mol. The molecule has 0 bridgehead atoms. The molecule has 0 heterocycles. The average molecular weight is 898 g/mol. The highest BCUT2D eigenvalue weighted by Crippen LogP contribution is 2.15. The summed E-state index contributed by atoms with van der Waals surface area (Å²) in [5, 5.41) is 0. The Labute approximate surface area is 399 Å². The summed E-state index contributed by atoms with van der Waals surface area (Å²) in [6, 6.07) is 0. The Hall–Kier alpha value is -2.14. The number of carbonyl (C=O) groups is 2. The third kappa shape index (κ3) is 52.5. The van der Waals surface area contributed by atoms with E-state index in [4.69, 9.17) is 14.2 Å². The van der Waals surface area contributed by atoms with Crippen molar-refractivity contribution in [1.29, 1.82) is 0 Å². The zero-order valence-corrected chi connectivity index (χ0v) is 43.1. The molecule has 1 atom stereocenters. The van der Waals surface area contributed by atoms with Crippen LogP contribution in [0.1, 0.15) is 290 Å². The predicted octanol–water partition coefficient (Wildman–Crippen LogP) is 19.1. The van der Waals surface area contributed by atoms with E-state index in [-0.39, 0.29) is 25.2 Å². The van der Waals surface area contributed by atoms with E-state index in [1.54, 1.807) is 0 Å². The van der Waals surface area contributed by atoms with Crippen LogP contribution in [0.25, 0.3) is 0 Å². The van der Waals surface area contributed by atoms with E-state index in [1.165, 1.54) is 205 Å². The highest BCUT2D eigenvalue weighted by atomic mass is 16.6. The van der Waals surface area contributed by atoms with Gasteiger partial charge in [-0.05, 0) is 83.5 Å². The van der Waals surface area contributed by atoms with E-state index in [1.807, 2.05) is 0 Å². The number of carbonyl (C=O) groups excluding carboxylic acids is 2. The van der Waals surface area contributed by atoms with Crippen molar-refractivity contribution in [1.82, 2.24) is 0 Å². The molecular weight excluding hydrogens is 789 g/mol. The van der Waals surface area contributed by atoms with Crippen LogP contribution in [0.2, 0.25) is 0 Å². The molecule has 0 spiro atoms.